The molecule has 1 N–H and O–H groups in total. The SMILES string of the molecule is COCCN(Cc1cccc(C)c1)CC(O)Cc1ccccc1. The molecule has 0 aliphatic heterocycles. The van der Waals surface area contributed by atoms with Crippen molar-refractivity contribution in [2.24, 2.45) is 0 Å². The van der Waals surface area contributed by atoms with Crippen LogP contribution in [0.25, 0.3) is 0 Å². The summed E-state index contributed by atoms with van der Waals surface area (Å²) in [6.07, 6.45) is 0.303. The Kier molecular flexibility index (Phi) is 7.27. The van der Waals surface area contributed by atoms with Crippen LogP contribution in [0.3, 0.4) is 0 Å². The van der Waals surface area contributed by atoms with E-state index in [1.165, 1.54) is 16.7 Å². The Bertz CT molecular complexity index is 571. The zero-order valence-corrected chi connectivity index (χ0v) is 14.1. The van der Waals surface area contributed by atoms with Crippen molar-refractivity contribution >= 4 is 0 Å². The third kappa shape index (κ3) is 6.53. The van der Waals surface area contributed by atoms with Gasteiger partial charge in [0.2, 0.25) is 0 Å². The Morgan fingerprint density at radius 2 is 1.78 bits per heavy atom. The van der Waals surface area contributed by atoms with Crippen molar-refractivity contribution in [3.63, 3.8) is 0 Å². The molecule has 3 nitrogen and oxygen atoms in total. The van der Waals surface area contributed by atoms with E-state index in [2.05, 4.69) is 48.2 Å². The van der Waals surface area contributed by atoms with Gasteiger partial charge in [0.05, 0.1) is 12.7 Å². The van der Waals surface area contributed by atoms with Crippen LogP contribution in [-0.4, -0.2) is 42.9 Å². The van der Waals surface area contributed by atoms with Crippen LogP contribution < -0.4 is 0 Å². The lowest BCUT2D eigenvalue weighted by molar-refractivity contribution is 0.0851. The number of aliphatic hydroxyl groups is 1. The molecule has 2 aromatic carbocycles. The third-order valence-corrected chi connectivity index (χ3v) is 3.88. The van der Waals surface area contributed by atoms with E-state index in [4.69, 9.17) is 4.74 Å². The molecule has 0 bridgehead atoms. The Labute approximate surface area is 139 Å². The molecule has 0 fully saturated rings. The van der Waals surface area contributed by atoms with Gasteiger partial charge >= 0.3 is 0 Å². The van der Waals surface area contributed by atoms with Crippen LogP contribution >= 0.6 is 0 Å². The number of rotatable bonds is 9. The van der Waals surface area contributed by atoms with E-state index >= 15 is 0 Å². The summed E-state index contributed by atoms with van der Waals surface area (Å²) in [5, 5.41) is 10.4. The molecule has 2 aromatic rings. The first-order chi connectivity index (χ1) is 11.2. The van der Waals surface area contributed by atoms with Crippen LogP contribution in [0.15, 0.2) is 54.6 Å². The Morgan fingerprint density at radius 3 is 2.48 bits per heavy atom. The minimum atomic E-state index is -0.376. The third-order valence-electron chi connectivity index (χ3n) is 3.88. The van der Waals surface area contributed by atoms with Crippen LogP contribution in [0, 0.1) is 6.92 Å². The fourth-order valence-electron chi connectivity index (χ4n) is 2.77. The molecule has 124 valence electrons. The van der Waals surface area contributed by atoms with Gasteiger partial charge in [0.25, 0.3) is 0 Å². The van der Waals surface area contributed by atoms with Gasteiger partial charge in [-0.3, -0.25) is 4.90 Å². The Morgan fingerprint density at radius 1 is 1.04 bits per heavy atom. The van der Waals surface area contributed by atoms with Crippen LogP contribution in [0.5, 0.6) is 0 Å². The van der Waals surface area contributed by atoms with Gasteiger partial charge in [-0.05, 0) is 24.5 Å². The molecule has 0 saturated carbocycles. The molecule has 0 spiro atoms. The maximum absolute atomic E-state index is 10.4. The van der Waals surface area contributed by atoms with Crippen LogP contribution in [0.2, 0.25) is 0 Å². The van der Waals surface area contributed by atoms with Gasteiger partial charge < -0.3 is 9.84 Å². The highest BCUT2D eigenvalue weighted by atomic mass is 16.5. The monoisotopic (exact) mass is 313 g/mol. The predicted molar refractivity (Wildman–Crippen MR) is 94.5 cm³/mol. The summed E-state index contributed by atoms with van der Waals surface area (Å²) in [6.45, 7) is 5.07. The molecule has 23 heavy (non-hydrogen) atoms. The highest BCUT2D eigenvalue weighted by Crippen LogP contribution is 2.10. The maximum atomic E-state index is 10.4. The average Bonchev–Trinajstić information content (AvgIpc) is 2.53. The average molecular weight is 313 g/mol. The molecule has 1 atom stereocenters. The van der Waals surface area contributed by atoms with Crippen LogP contribution in [0.4, 0.5) is 0 Å². The predicted octanol–water partition coefficient (Wildman–Crippen LogP) is 3.05. The van der Waals surface area contributed by atoms with Crippen molar-refractivity contribution < 1.29 is 9.84 Å². The van der Waals surface area contributed by atoms with E-state index in [1.807, 2.05) is 18.2 Å². The van der Waals surface area contributed by atoms with Gasteiger partial charge in [-0.1, -0.05) is 60.2 Å². The molecule has 0 aliphatic rings. The second-order valence-electron chi connectivity index (χ2n) is 6.06. The van der Waals surface area contributed by atoms with Crippen molar-refractivity contribution in [2.75, 3.05) is 26.8 Å². The van der Waals surface area contributed by atoms with Gasteiger partial charge in [-0.2, -0.15) is 0 Å². The molecule has 0 radical (unpaired) electrons. The molecule has 1 unspecified atom stereocenters. The van der Waals surface area contributed by atoms with Gasteiger partial charge in [0, 0.05) is 26.7 Å². The zero-order chi connectivity index (χ0) is 16.5. The van der Waals surface area contributed by atoms with E-state index in [9.17, 15) is 5.11 Å². The lowest BCUT2D eigenvalue weighted by Gasteiger charge is -2.25. The number of hydrogen-bond acceptors (Lipinski definition) is 3. The van der Waals surface area contributed by atoms with Crippen molar-refractivity contribution in [1.82, 2.24) is 4.90 Å². The number of ether oxygens (including phenoxy) is 1. The quantitative estimate of drug-likeness (QED) is 0.772. The van der Waals surface area contributed by atoms with Crippen molar-refractivity contribution in [3.05, 3.63) is 71.3 Å². The summed E-state index contributed by atoms with van der Waals surface area (Å²) >= 11 is 0. The van der Waals surface area contributed by atoms with E-state index in [1.54, 1.807) is 7.11 Å². The molecule has 0 amide bonds. The molecule has 2 rings (SSSR count). The Balaban J connectivity index is 1.94. The summed E-state index contributed by atoms with van der Waals surface area (Å²) in [4.78, 5) is 2.26. The van der Waals surface area contributed by atoms with E-state index in [-0.39, 0.29) is 6.10 Å². The summed E-state index contributed by atoms with van der Waals surface area (Å²) in [5.74, 6) is 0. The standard InChI is InChI=1S/C20H27NO2/c1-17-7-6-10-19(13-17)15-21(11-12-23-2)16-20(22)14-18-8-4-3-5-9-18/h3-10,13,20,22H,11-12,14-16H2,1-2H3. The molecule has 0 aliphatic carbocycles. The Hall–Kier alpha value is -1.68. The number of aliphatic hydroxyl groups excluding tert-OH is 1. The van der Waals surface area contributed by atoms with Crippen LogP contribution in [-0.2, 0) is 17.7 Å². The molecular weight excluding hydrogens is 286 g/mol. The summed E-state index contributed by atoms with van der Waals surface area (Å²) in [7, 11) is 1.71. The van der Waals surface area contributed by atoms with E-state index in [0.717, 1.165) is 13.1 Å². The zero-order valence-electron chi connectivity index (χ0n) is 14.1. The fraction of sp³-hybridized carbons (Fsp3) is 0.400. The molecule has 3 heteroatoms. The first-order valence-corrected chi connectivity index (χ1v) is 8.16. The fourth-order valence-corrected chi connectivity index (χ4v) is 2.77. The highest BCUT2D eigenvalue weighted by molar-refractivity contribution is 5.22. The van der Waals surface area contributed by atoms with E-state index < -0.39 is 0 Å². The molecule has 0 aromatic heterocycles. The largest absolute Gasteiger partial charge is 0.391 e. The van der Waals surface area contributed by atoms with Crippen molar-refractivity contribution in [2.45, 2.75) is 26.0 Å². The summed E-state index contributed by atoms with van der Waals surface area (Å²) < 4.78 is 5.21. The smallest absolute Gasteiger partial charge is 0.0707 e. The van der Waals surface area contributed by atoms with Crippen molar-refractivity contribution in [1.29, 1.82) is 0 Å². The number of aryl methyl sites for hydroxylation is 1. The number of methoxy groups -OCH3 is 1. The van der Waals surface area contributed by atoms with Gasteiger partial charge in [0.15, 0.2) is 0 Å². The molecule has 0 heterocycles. The number of nitrogens with zero attached hydrogens (tertiary/aromatic N) is 1. The normalized spacial score (nSPS) is 12.5. The van der Waals surface area contributed by atoms with Crippen molar-refractivity contribution in [3.8, 4) is 0 Å². The lowest BCUT2D eigenvalue weighted by atomic mass is 10.1. The van der Waals surface area contributed by atoms with Crippen LogP contribution in [0.1, 0.15) is 16.7 Å². The van der Waals surface area contributed by atoms with E-state index in [0.29, 0.717) is 19.6 Å². The first kappa shape index (κ1) is 17.7. The minimum Gasteiger partial charge on any atom is -0.391 e. The van der Waals surface area contributed by atoms with Gasteiger partial charge in [-0.15, -0.1) is 0 Å². The molecule has 0 saturated heterocycles. The second kappa shape index (κ2) is 9.46. The first-order valence-electron chi connectivity index (χ1n) is 8.16. The maximum Gasteiger partial charge on any atom is 0.0707 e. The summed E-state index contributed by atoms with van der Waals surface area (Å²) in [6, 6.07) is 18.7. The summed E-state index contributed by atoms with van der Waals surface area (Å²) in [5.41, 5.74) is 3.70. The number of hydrogen-bond donors (Lipinski definition) is 1. The highest BCUT2D eigenvalue weighted by Gasteiger charge is 2.13. The lowest BCUT2D eigenvalue weighted by Crippen LogP contribution is -2.35. The molecular formula is C20H27NO2. The van der Waals surface area contributed by atoms with Gasteiger partial charge in [0.1, 0.15) is 0 Å². The number of benzene rings is 2. The minimum absolute atomic E-state index is 0.376. The second-order valence-corrected chi connectivity index (χ2v) is 6.06. The topological polar surface area (TPSA) is 32.7 Å². The van der Waals surface area contributed by atoms with Gasteiger partial charge in [-0.25, -0.2) is 0 Å².